The second-order valence-corrected chi connectivity index (χ2v) is 4.58. The van der Waals surface area contributed by atoms with Gasteiger partial charge < -0.3 is 10.4 Å². The molecule has 2 N–H and O–H groups in total. The molecule has 0 fully saturated rings. The molecule has 0 aliphatic rings. The molecule has 0 aliphatic carbocycles. The molecular formula is C14H13N3O5. The first-order valence-corrected chi connectivity index (χ1v) is 6.38. The molecule has 2 aromatic rings. The first-order valence-electron chi connectivity index (χ1n) is 6.38. The summed E-state index contributed by atoms with van der Waals surface area (Å²) in [6, 6.07) is 11.1. The SMILES string of the molecule is O=[N+]([O-])CC(Nc1ccccc1O)c1cccc([N+](=O)[O-])c1. The minimum Gasteiger partial charge on any atom is -0.506 e. The lowest BCUT2D eigenvalue weighted by molar-refractivity contribution is -0.482. The van der Waals surface area contributed by atoms with E-state index in [0.717, 1.165) is 0 Å². The van der Waals surface area contributed by atoms with Crippen LogP contribution < -0.4 is 5.32 Å². The fourth-order valence-electron chi connectivity index (χ4n) is 2.02. The third-order valence-electron chi connectivity index (χ3n) is 3.05. The highest BCUT2D eigenvalue weighted by molar-refractivity contribution is 5.56. The molecule has 0 saturated heterocycles. The molecule has 0 spiro atoms. The first kappa shape index (κ1) is 15.2. The zero-order valence-corrected chi connectivity index (χ0v) is 11.4. The van der Waals surface area contributed by atoms with Gasteiger partial charge in [-0.1, -0.05) is 24.3 Å². The molecule has 1 unspecified atom stereocenters. The summed E-state index contributed by atoms with van der Waals surface area (Å²) >= 11 is 0. The molecule has 0 amide bonds. The van der Waals surface area contributed by atoms with Crippen molar-refractivity contribution in [2.24, 2.45) is 0 Å². The quantitative estimate of drug-likeness (QED) is 0.481. The van der Waals surface area contributed by atoms with Gasteiger partial charge in [-0.25, -0.2) is 0 Å². The summed E-state index contributed by atoms with van der Waals surface area (Å²) in [4.78, 5) is 20.6. The van der Waals surface area contributed by atoms with Crippen LogP contribution in [0.3, 0.4) is 0 Å². The lowest BCUT2D eigenvalue weighted by Crippen LogP contribution is -2.20. The van der Waals surface area contributed by atoms with Crippen molar-refractivity contribution in [1.29, 1.82) is 0 Å². The van der Waals surface area contributed by atoms with Gasteiger partial charge in [0.2, 0.25) is 6.54 Å². The predicted molar refractivity (Wildman–Crippen MR) is 79.4 cm³/mol. The highest BCUT2D eigenvalue weighted by Gasteiger charge is 2.21. The van der Waals surface area contributed by atoms with Crippen molar-refractivity contribution in [2.75, 3.05) is 11.9 Å². The lowest BCUT2D eigenvalue weighted by atomic mass is 10.1. The summed E-state index contributed by atoms with van der Waals surface area (Å²) in [6.07, 6.45) is 0. The van der Waals surface area contributed by atoms with E-state index in [9.17, 15) is 25.3 Å². The molecule has 2 aromatic carbocycles. The zero-order valence-electron chi connectivity index (χ0n) is 11.4. The monoisotopic (exact) mass is 303 g/mol. The van der Waals surface area contributed by atoms with E-state index in [1.54, 1.807) is 24.3 Å². The van der Waals surface area contributed by atoms with Gasteiger partial charge in [0.15, 0.2) is 0 Å². The summed E-state index contributed by atoms with van der Waals surface area (Å²) in [5, 5.41) is 34.3. The number of benzene rings is 2. The largest absolute Gasteiger partial charge is 0.506 e. The second-order valence-electron chi connectivity index (χ2n) is 4.58. The van der Waals surface area contributed by atoms with Crippen LogP contribution in [0, 0.1) is 20.2 Å². The van der Waals surface area contributed by atoms with Crippen LogP contribution >= 0.6 is 0 Å². The number of hydrogen-bond donors (Lipinski definition) is 2. The number of phenolic OH excluding ortho intramolecular Hbond substituents is 1. The predicted octanol–water partition coefficient (Wildman–Crippen LogP) is 2.73. The van der Waals surface area contributed by atoms with Crippen molar-refractivity contribution in [3.8, 4) is 5.75 Å². The van der Waals surface area contributed by atoms with Crippen LogP contribution in [-0.2, 0) is 0 Å². The van der Waals surface area contributed by atoms with Crippen LogP contribution in [0.4, 0.5) is 11.4 Å². The molecule has 2 rings (SSSR count). The van der Waals surface area contributed by atoms with E-state index >= 15 is 0 Å². The van der Waals surface area contributed by atoms with Crippen LogP contribution in [0.2, 0.25) is 0 Å². The van der Waals surface area contributed by atoms with Crippen LogP contribution in [0.25, 0.3) is 0 Å². The molecule has 0 radical (unpaired) electrons. The number of hydrogen-bond acceptors (Lipinski definition) is 6. The number of aromatic hydroxyl groups is 1. The molecule has 0 aromatic heterocycles. The molecule has 22 heavy (non-hydrogen) atoms. The molecule has 8 heteroatoms. The van der Waals surface area contributed by atoms with Gasteiger partial charge in [0.1, 0.15) is 11.8 Å². The van der Waals surface area contributed by atoms with Crippen molar-refractivity contribution >= 4 is 11.4 Å². The fourth-order valence-corrected chi connectivity index (χ4v) is 2.02. The number of rotatable bonds is 6. The van der Waals surface area contributed by atoms with Crippen molar-refractivity contribution < 1.29 is 15.0 Å². The van der Waals surface area contributed by atoms with E-state index < -0.39 is 22.4 Å². The third-order valence-corrected chi connectivity index (χ3v) is 3.05. The van der Waals surface area contributed by atoms with Crippen molar-refractivity contribution in [3.05, 3.63) is 74.3 Å². The topological polar surface area (TPSA) is 119 Å². The molecule has 0 heterocycles. The highest BCUT2D eigenvalue weighted by Crippen LogP contribution is 2.28. The van der Waals surface area contributed by atoms with Crippen molar-refractivity contribution in [2.45, 2.75) is 6.04 Å². The number of para-hydroxylation sites is 2. The van der Waals surface area contributed by atoms with Gasteiger partial charge >= 0.3 is 0 Å². The molecular weight excluding hydrogens is 290 g/mol. The van der Waals surface area contributed by atoms with Crippen LogP contribution in [0.5, 0.6) is 5.75 Å². The van der Waals surface area contributed by atoms with Gasteiger partial charge in [0.05, 0.1) is 10.6 Å². The maximum absolute atomic E-state index is 10.8. The standard InChI is InChI=1S/C14H13N3O5/c18-14-7-2-1-6-12(14)15-13(9-16(19)20)10-4-3-5-11(8-10)17(21)22/h1-8,13,15,18H,9H2. The first-order chi connectivity index (χ1) is 10.5. The number of phenols is 1. The van der Waals surface area contributed by atoms with Crippen LogP contribution in [0.1, 0.15) is 11.6 Å². The van der Waals surface area contributed by atoms with Crippen LogP contribution in [0.15, 0.2) is 48.5 Å². The average Bonchev–Trinajstić information content (AvgIpc) is 2.48. The van der Waals surface area contributed by atoms with E-state index in [2.05, 4.69) is 5.32 Å². The Morgan fingerprint density at radius 3 is 2.45 bits per heavy atom. The number of nitrogens with one attached hydrogen (secondary N) is 1. The molecule has 0 bridgehead atoms. The molecule has 1 atom stereocenters. The Kier molecular flexibility index (Phi) is 4.52. The van der Waals surface area contributed by atoms with Gasteiger partial charge in [-0.2, -0.15) is 0 Å². The van der Waals surface area contributed by atoms with E-state index in [1.165, 1.54) is 24.3 Å². The summed E-state index contributed by atoms with van der Waals surface area (Å²) < 4.78 is 0. The maximum atomic E-state index is 10.8. The highest BCUT2D eigenvalue weighted by atomic mass is 16.6. The summed E-state index contributed by atoms with van der Waals surface area (Å²) in [7, 11) is 0. The average molecular weight is 303 g/mol. The van der Waals surface area contributed by atoms with E-state index in [0.29, 0.717) is 11.3 Å². The molecule has 0 aliphatic heterocycles. The normalized spacial score (nSPS) is 11.6. The Labute approximate surface area is 125 Å². The summed E-state index contributed by atoms with van der Waals surface area (Å²) in [5.74, 6) is -0.0544. The zero-order chi connectivity index (χ0) is 16.1. The minimum absolute atomic E-state index is 0.0544. The number of anilines is 1. The Morgan fingerprint density at radius 2 is 1.82 bits per heavy atom. The number of nitro benzene ring substituents is 1. The van der Waals surface area contributed by atoms with Crippen LogP contribution in [-0.4, -0.2) is 21.5 Å². The number of nitrogens with zero attached hydrogens (tertiary/aromatic N) is 2. The van der Waals surface area contributed by atoms with Crippen molar-refractivity contribution in [3.63, 3.8) is 0 Å². The van der Waals surface area contributed by atoms with Gasteiger partial charge in [0.25, 0.3) is 5.69 Å². The summed E-state index contributed by atoms with van der Waals surface area (Å²) in [5.41, 5.74) is 0.569. The van der Waals surface area contributed by atoms with Gasteiger partial charge in [0, 0.05) is 17.1 Å². The Hall–Kier alpha value is -3.16. The Balaban J connectivity index is 2.34. The Bertz CT molecular complexity index is 704. The van der Waals surface area contributed by atoms with Crippen molar-refractivity contribution in [1.82, 2.24) is 0 Å². The number of nitro groups is 2. The Morgan fingerprint density at radius 1 is 1.09 bits per heavy atom. The number of non-ortho nitro benzene ring substituents is 1. The smallest absolute Gasteiger partial charge is 0.269 e. The maximum Gasteiger partial charge on any atom is 0.269 e. The van der Waals surface area contributed by atoms with Gasteiger partial charge in [-0.05, 0) is 17.7 Å². The van der Waals surface area contributed by atoms with E-state index in [4.69, 9.17) is 0 Å². The minimum atomic E-state index is -0.803. The van der Waals surface area contributed by atoms with E-state index in [1.807, 2.05) is 0 Å². The molecule has 0 saturated carbocycles. The third kappa shape index (κ3) is 3.69. The summed E-state index contributed by atoms with van der Waals surface area (Å²) in [6.45, 7) is -0.477. The van der Waals surface area contributed by atoms with E-state index in [-0.39, 0.29) is 11.4 Å². The second kappa shape index (κ2) is 6.53. The molecule has 8 nitrogen and oxygen atoms in total. The molecule has 114 valence electrons. The van der Waals surface area contributed by atoms with Gasteiger partial charge in [-0.3, -0.25) is 20.2 Å². The lowest BCUT2D eigenvalue weighted by Gasteiger charge is -2.17. The van der Waals surface area contributed by atoms with Gasteiger partial charge in [-0.15, -0.1) is 0 Å². The fraction of sp³-hybridized carbons (Fsp3) is 0.143.